The van der Waals surface area contributed by atoms with E-state index in [-0.39, 0.29) is 29.3 Å². The number of halogens is 1. The van der Waals surface area contributed by atoms with E-state index in [1.807, 2.05) is 20.8 Å². The molecule has 2 aromatic rings. The number of aromatic nitrogens is 2. The number of nitrogens with zero attached hydrogens (tertiary/aromatic N) is 3. The second-order valence-corrected chi connectivity index (χ2v) is 5.55. The predicted molar refractivity (Wildman–Crippen MR) is 85.0 cm³/mol. The van der Waals surface area contributed by atoms with Crippen molar-refractivity contribution in [3.8, 4) is 0 Å². The molecule has 1 aromatic heterocycles. The molecule has 0 spiro atoms. The molecule has 0 aliphatic heterocycles. The van der Waals surface area contributed by atoms with E-state index in [1.54, 1.807) is 0 Å². The first-order chi connectivity index (χ1) is 10.9. The van der Waals surface area contributed by atoms with E-state index in [1.165, 1.54) is 36.7 Å². The Kier molecular flexibility index (Phi) is 5.23. The maximum atomic E-state index is 12.9. The Balaban J connectivity index is 2.15. The number of rotatable bonds is 5. The fraction of sp³-hybridized carbons (Fsp3) is 0.312. The van der Waals surface area contributed by atoms with Crippen molar-refractivity contribution in [3.05, 3.63) is 48.2 Å². The van der Waals surface area contributed by atoms with Gasteiger partial charge in [0.1, 0.15) is 17.8 Å². The molecule has 1 aromatic carbocycles. The van der Waals surface area contributed by atoms with Crippen LogP contribution in [0.3, 0.4) is 0 Å². The lowest BCUT2D eigenvalue weighted by Crippen LogP contribution is -2.34. The third-order valence-electron chi connectivity index (χ3n) is 3.57. The van der Waals surface area contributed by atoms with Gasteiger partial charge in [-0.2, -0.15) is 0 Å². The summed E-state index contributed by atoms with van der Waals surface area (Å²) in [5.41, 5.74) is 0.558. The van der Waals surface area contributed by atoms with Gasteiger partial charge in [-0.1, -0.05) is 13.8 Å². The number of amides is 1. The van der Waals surface area contributed by atoms with Crippen LogP contribution in [0.2, 0.25) is 0 Å². The Morgan fingerprint density at radius 2 is 1.87 bits per heavy atom. The number of carbonyl (C=O) groups is 1. The molecule has 0 aliphatic rings. The minimum Gasteiger partial charge on any atom is -0.321 e. The summed E-state index contributed by atoms with van der Waals surface area (Å²) in [6.07, 6.45) is 1.21. The molecule has 6 nitrogen and oxygen atoms in total. The largest absolute Gasteiger partial charge is 0.321 e. The van der Waals surface area contributed by atoms with Crippen molar-refractivity contribution >= 4 is 17.4 Å². The van der Waals surface area contributed by atoms with Crippen LogP contribution in [-0.2, 0) is 0 Å². The molecule has 1 amide bonds. The highest BCUT2D eigenvalue weighted by molar-refractivity contribution is 6.03. The van der Waals surface area contributed by atoms with Gasteiger partial charge in [0.15, 0.2) is 5.82 Å². The van der Waals surface area contributed by atoms with Gasteiger partial charge in [-0.05, 0) is 37.1 Å². The Morgan fingerprint density at radius 3 is 2.48 bits per heavy atom. The first-order valence-corrected chi connectivity index (χ1v) is 7.25. The Hall–Kier alpha value is -2.54. The monoisotopic (exact) mass is 318 g/mol. The van der Waals surface area contributed by atoms with Crippen LogP contribution in [0.25, 0.3) is 0 Å². The van der Waals surface area contributed by atoms with Crippen molar-refractivity contribution < 1.29 is 14.4 Å². The van der Waals surface area contributed by atoms with Gasteiger partial charge in [-0.3, -0.25) is 10.0 Å². The summed E-state index contributed by atoms with van der Waals surface area (Å²) in [5.74, 6) is -0.409. The number of benzene rings is 1. The fourth-order valence-corrected chi connectivity index (χ4v) is 1.82. The van der Waals surface area contributed by atoms with Crippen LogP contribution < -0.4 is 10.4 Å². The molecule has 0 unspecified atom stereocenters. The van der Waals surface area contributed by atoms with Crippen LogP contribution in [0.15, 0.2) is 36.7 Å². The van der Waals surface area contributed by atoms with Gasteiger partial charge in [0.25, 0.3) is 5.91 Å². The number of hydroxylamine groups is 1. The van der Waals surface area contributed by atoms with E-state index in [9.17, 15) is 14.4 Å². The van der Waals surface area contributed by atoms with Gasteiger partial charge in [0, 0.05) is 11.8 Å². The Morgan fingerprint density at radius 1 is 1.22 bits per heavy atom. The molecule has 0 radical (unpaired) electrons. The summed E-state index contributed by atoms with van der Waals surface area (Å²) < 4.78 is 12.9. The Bertz CT molecular complexity index is 676. The average molecular weight is 318 g/mol. The molecule has 0 aliphatic carbocycles. The summed E-state index contributed by atoms with van der Waals surface area (Å²) in [6, 6.07) is 6.64. The predicted octanol–water partition coefficient (Wildman–Crippen LogP) is 3.11. The van der Waals surface area contributed by atoms with Crippen molar-refractivity contribution in [1.82, 2.24) is 9.97 Å². The number of hydrogen-bond donors (Lipinski definition) is 2. The van der Waals surface area contributed by atoms with Crippen LogP contribution in [0.4, 0.5) is 15.9 Å². The third-order valence-corrected chi connectivity index (χ3v) is 3.57. The average Bonchev–Trinajstić information content (AvgIpc) is 2.55. The minimum atomic E-state index is -0.467. The van der Waals surface area contributed by atoms with Crippen molar-refractivity contribution in [2.24, 2.45) is 5.92 Å². The summed E-state index contributed by atoms with van der Waals surface area (Å²) >= 11 is 0. The van der Waals surface area contributed by atoms with Crippen LogP contribution in [0.5, 0.6) is 0 Å². The van der Waals surface area contributed by atoms with Crippen LogP contribution in [0, 0.1) is 11.7 Å². The van der Waals surface area contributed by atoms with E-state index in [0.717, 1.165) is 5.06 Å². The first-order valence-electron chi connectivity index (χ1n) is 7.25. The maximum absolute atomic E-state index is 12.9. The summed E-state index contributed by atoms with van der Waals surface area (Å²) in [5, 5.41) is 13.8. The van der Waals surface area contributed by atoms with Gasteiger partial charge in [0.05, 0.1) is 6.04 Å². The fourth-order valence-electron chi connectivity index (χ4n) is 1.82. The summed E-state index contributed by atoms with van der Waals surface area (Å²) in [6.45, 7) is 5.79. The third kappa shape index (κ3) is 4.23. The molecule has 2 rings (SSSR count). The molecule has 0 saturated heterocycles. The van der Waals surface area contributed by atoms with E-state index >= 15 is 0 Å². The highest BCUT2D eigenvalue weighted by atomic mass is 19.1. The maximum Gasteiger partial charge on any atom is 0.274 e. The van der Waals surface area contributed by atoms with Gasteiger partial charge >= 0.3 is 0 Å². The summed E-state index contributed by atoms with van der Waals surface area (Å²) in [4.78, 5) is 20.1. The molecule has 0 saturated carbocycles. The van der Waals surface area contributed by atoms with Gasteiger partial charge in [-0.15, -0.1) is 0 Å². The van der Waals surface area contributed by atoms with Gasteiger partial charge in [0.2, 0.25) is 0 Å². The topological polar surface area (TPSA) is 78.4 Å². The molecule has 1 atom stereocenters. The molecule has 0 fully saturated rings. The van der Waals surface area contributed by atoms with Crippen molar-refractivity contribution in [1.29, 1.82) is 0 Å². The molecular weight excluding hydrogens is 299 g/mol. The van der Waals surface area contributed by atoms with Crippen molar-refractivity contribution in [2.75, 3.05) is 10.4 Å². The number of carbonyl (C=O) groups excluding carboxylic acids is 1. The van der Waals surface area contributed by atoms with Crippen molar-refractivity contribution in [3.63, 3.8) is 0 Å². The molecule has 122 valence electrons. The van der Waals surface area contributed by atoms with E-state index in [4.69, 9.17) is 0 Å². The van der Waals surface area contributed by atoms with Crippen LogP contribution >= 0.6 is 0 Å². The van der Waals surface area contributed by atoms with Gasteiger partial charge in [-0.25, -0.2) is 19.4 Å². The zero-order valence-corrected chi connectivity index (χ0v) is 13.2. The second-order valence-electron chi connectivity index (χ2n) is 5.55. The van der Waals surface area contributed by atoms with Crippen LogP contribution in [-0.4, -0.2) is 27.1 Å². The molecule has 7 heteroatoms. The standard InChI is InChI=1S/C16H19FN4O2/c1-10(2)11(3)21(23)15-8-14(18-9-19-15)16(22)20-13-6-4-12(17)5-7-13/h4-11,23H,1-3H3,(H,20,22)/t11-/m0/s1. The van der Waals surface area contributed by atoms with E-state index < -0.39 is 5.91 Å². The quantitative estimate of drug-likeness (QED) is 0.828. The van der Waals surface area contributed by atoms with Gasteiger partial charge < -0.3 is 5.32 Å². The lowest BCUT2D eigenvalue weighted by Gasteiger charge is -2.26. The molecule has 2 N–H and O–H groups in total. The van der Waals surface area contributed by atoms with Crippen molar-refractivity contribution in [2.45, 2.75) is 26.8 Å². The molecule has 1 heterocycles. The van der Waals surface area contributed by atoms with Crippen LogP contribution in [0.1, 0.15) is 31.3 Å². The normalized spacial score (nSPS) is 12.1. The lowest BCUT2D eigenvalue weighted by molar-refractivity contribution is 0.102. The number of anilines is 2. The SMILES string of the molecule is CC(C)[C@H](C)N(O)c1cc(C(=O)Nc2ccc(F)cc2)ncn1. The first kappa shape index (κ1) is 16.8. The van der Waals surface area contributed by atoms with E-state index in [0.29, 0.717) is 5.69 Å². The highest BCUT2D eigenvalue weighted by Crippen LogP contribution is 2.17. The zero-order valence-electron chi connectivity index (χ0n) is 13.2. The molecule has 23 heavy (non-hydrogen) atoms. The Labute approximate surface area is 134 Å². The zero-order chi connectivity index (χ0) is 17.0. The summed E-state index contributed by atoms with van der Waals surface area (Å²) in [7, 11) is 0. The number of hydrogen-bond acceptors (Lipinski definition) is 5. The second kappa shape index (κ2) is 7.15. The smallest absolute Gasteiger partial charge is 0.274 e. The van der Waals surface area contributed by atoms with E-state index in [2.05, 4.69) is 15.3 Å². The highest BCUT2D eigenvalue weighted by Gasteiger charge is 2.19. The minimum absolute atomic E-state index is 0.106. The molecular formula is C16H19FN4O2. The lowest BCUT2D eigenvalue weighted by atomic mass is 10.1. The number of nitrogens with one attached hydrogen (secondary N) is 1. The molecule has 0 bridgehead atoms.